The molecule has 0 saturated heterocycles. The van der Waals surface area contributed by atoms with Gasteiger partial charge in [0.2, 0.25) is 0 Å². The SMILES string of the molecule is CC(=O)C1=C(C)Nc2cc(C(=O)O)ccc2S1. The van der Waals surface area contributed by atoms with Gasteiger partial charge in [-0.3, -0.25) is 4.79 Å². The van der Waals surface area contributed by atoms with E-state index in [1.54, 1.807) is 19.1 Å². The number of hydrogen-bond acceptors (Lipinski definition) is 4. The molecule has 88 valence electrons. The molecule has 1 aliphatic heterocycles. The van der Waals surface area contributed by atoms with Crippen molar-refractivity contribution in [2.24, 2.45) is 0 Å². The van der Waals surface area contributed by atoms with Crippen molar-refractivity contribution in [3.05, 3.63) is 34.4 Å². The zero-order valence-electron chi connectivity index (χ0n) is 9.40. The summed E-state index contributed by atoms with van der Waals surface area (Å²) in [4.78, 5) is 23.8. The lowest BCUT2D eigenvalue weighted by atomic mass is 10.2. The number of allylic oxidation sites excluding steroid dienone is 2. The van der Waals surface area contributed by atoms with E-state index in [0.29, 0.717) is 4.91 Å². The highest BCUT2D eigenvalue weighted by Gasteiger charge is 2.19. The maximum atomic E-state index is 11.4. The first-order valence-electron chi connectivity index (χ1n) is 5.03. The largest absolute Gasteiger partial charge is 0.478 e. The lowest BCUT2D eigenvalue weighted by molar-refractivity contribution is -0.113. The summed E-state index contributed by atoms with van der Waals surface area (Å²) in [6, 6.07) is 4.82. The monoisotopic (exact) mass is 249 g/mol. The van der Waals surface area contributed by atoms with Crippen LogP contribution in [0.3, 0.4) is 0 Å². The lowest BCUT2D eigenvalue weighted by Crippen LogP contribution is -2.10. The molecule has 1 aromatic rings. The smallest absolute Gasteiger partial charge is 0.335 e. The minimum atomic E-state index is -0.960. The number of hydrogen-bond donors (Lipinski definition) is 2. The third-order valence-corrected chi connectivity index (χ3v) is 3.79. The van der Waals surface area contributed by atoms with Gasteiger partial charge in [0.25, 0.3) is 0 Å². The molecule has 1 heterocycles. The molecule has 0 aliphatic carbocycles. The molecular formula is C12H11NO3S. The number of Topliss-reactive ketones (excluding diaryl/α,β-unsaturated/α-hetero) is 1. The number of ketones is 1. The number of aromatic carboxylic acids is 1. The molecule has 0 bridgehead atoms. The van der Waals surface area contributed by atoms with Crippen LogP contribution in [0.4, 0.5) is 5.69 Å². The van der Waals surface area contributed by atoms with E-state index in [-0.39, 0.29) is 11.3 Å². The quantitative estimate of drug-likeness (QED) is 0.843. The molecule has 2 N–H and O–H groups in total. The molecule has 0 saturated carbocycles. The molecule has 2 rings (SSSR count). The van der Waals surface area contributed by atoms with Crippen LogP contribution in [0.25, 0.3) is 0 Å². The van der Waals surface area contributed by atoms with E-state index in [0.717, 1.165) is 16.3 Å². The fraction of sp³-hybridized carbons (Fsp3) is 0.167. The predicted molar refractivity (Wildman–Crippen MR) is 66.3 cm³/mol. The van der Waals surface area contributed by atoms with Crippen molar-refractivity contribution in [1.82, 2.24) is 0 Å². The predicted octanol–water partition coefficient (Wildman–Crippen LogP) is 2.72. The maximum Gasteiger partial charge on any atom is 0.335 e. The normalized spacial score (nSPS) is 14.0. The summed E-state index contributed by atoms with van der Waals surface area (Å²) in [7, 11) is 0. The fourth-order valence-electron chi connectivity index (χ4n) is 1.63. The number of nitrogens with one attached hydrogen (secondary N) is 1. The minimum Gasteiger partial charge on any atom is -0.478 e. The van der Waals surface area contributed by atoms with Crippen LogP contribution in [-0.2, 0) is 4.79 Å². The number of rotatable bonds is 2. The van der Waals surface area contributed by atoms with Crippen molar-refractivity contribution in [2.45, 2.75) is 18.7 Å². The number of thioether (sulfide) groups is 1. The van der Waals surface area contributed by atoms with Gasteiger partial charge >= 0.3 is 5.97 Å². The van der Waals surface area contributed by atoms with Gasteiger partial charge in [0, 0.05) is 10.6 Å². The highest BCUT2D eigenvalue weighted by atomic mass is 32.2. The Morgan fingerprint density at radius 3 is 2.65 bits per heavy atom. The molecule has 5 heteroatoms. The highest BCUT2D eigenvalue weighted by Crippen LogP contribution is 2.40. The summed E-state index contributed by atoms with van der Waals surface area (Å²) < 4.78 is 0. The van der Waals surface area contributed by atoms with Crippen molar-refractivity contribution >= 4 is 29.2 Å². The minimum absolute atomic E-state index is 0.00737. The molecule has 0 spiro atoms. The Bertz CT molecular complexity index is 549. The fourth-order valence-corrected chi connectivity index (χ4v) is 2.55. The Kier molecular flexibility index (Phi) is 2.93. The Morgan fingerprint density at radius 2 is 2.06 bits per heavy atom. The van der Waals surface area contributed by atoms with Crippen LogP contribution in [0.15, 0.2) is 33.7 Å². The molecule has 0 amide bonds. The zero-order valence-corrected chi connectivity index (χ0v) is 10.2. The van der Waals surface area contributed by atoms with Crippen molar-refractivity contribution in [3.8, 4) is 0 Å². The van der Waals surface area contributed by atoms with E-state index >= 15 is 0 Å². The number of carbonyl (C=O) groups excluding carboxylic acids is 1. The number of carboxylic acid groups (broad SMARTS) is 1. The second kappa shape index (κ2) is 4.25. The van der Waals surface area contributed by atoms with Crippen molar-refractivity contribution in [2.75, 3.05) is 5.32 Å². The summed E-state index contributed by atoms with van der Waals surface area (Å²) in [6.45, 7) is 3.32. The van der Waals surface area contributed by atoms with Crippen molar-refractivity contribution in [3.63, 3.8) is 0 Å². The standard InChI is InChI=1S/C12H11NO3S/c1-6-11(7(2)14)17-10-4-3-8(12(15)16)5-9(10)13-6/h3-5,13H,1-2H3,(H,15,16). The summed E-state index contributed by atoms with van der Waals surface area (Å²) in [6.07, 6.45) is 0. The summed E-state index contributed by atoms with van der Waals surface area (Å²) >= 11 is 1.37. The van der Waals surface area contributed by atoms with Crippen LogP contribution in [0.2, 0.25) is 0 Å². The van der Waals surface area contributed by atoms with Gasteiger partial charge in [-0.05, 0) is 32.0 Å². The van der Waals surface area contributed by atoms with E-state index in [4.69, 9.17) is 5.11 Å². The van der Waals surface area contributed by atoms with Crippen LogP contribution < -0.4 is 5.32 Å². The zero-order chi connectivity index (χ0) is 12.6. The van der Waals surface area contributed by atoms with E-state index in [9.17, 15) is 9.59 Å². The van der Waals surface area contributed by atoms with Crippen LogP contribution in [0, 0.1) is 0 Å². The molecule has 4 nitrogen and oxygen atoms in total. The first-order valence-corrected chi connectivity index (χ1v) is 5.84. The number of carbonyl (C=O) groups is 2. The second-order valence-corrected chi connectivity index (χ2v) is 4.81. The number of carboxylic acids is 1. The number of fused-ring (bicyclic) bond motifs is 1. The molecule has 17 heavy (non-hydrogen) atoms. The summed E-state index contributed by atoms with van der Waals surface area (Å²) in [5, 5.41) is 12.0. The highest BCUT2D eigenvalue weighted by molar-refractivity contribution is 8.04. The molecule has 0 radical (unpaired) electrons. The summed E-state index contributed by atoms with van der Waals surface area (Å²) in [5.74, 6) is -0.952. The molecule has 0 aromatic heterocycles. The number of anilines is 1. The topological polar surface area (TPSA) is 66.4 Å². The first kappa shape index (κ1) is 11.7. The van der Waals surface area contributed by atoms with Gasteiger partial charge in [0.05, 0.1) is 16.2 Å². The van der Waals surface area contributed by atoms with Crippen molar-refractivity contribution in [1.29, 1.82) is 0 Å². The molecule has 0 fully saturated rings. The summed E-state index contributed by atoms with van der Waals surface area (Å²) in [5.41, 5.74) is 1.73. The van der Waals surface area contributed by atoms with E-state index < -0.39 is 5.97 Å². The van der Waals surface area contributed by atoms with Gasteiger partial charge < -0.3 is 10.4 Å². The molecule has 0 atom stereocenters. The van der Waals surface area contributed by atoms with Crippen LogP contribution in [-0.4, -0.2) is 16.9 Å². The van der Waals surface area contributed by atoms with Gasteiger partial charge in [-0.25, -0.2) is 4.79 Å². The molecule has 1 aliphatic rings. The van der Waals surface area contributed by atoms with E-state index in [2.05, 4.69) is 5.32 Å². The van der Waals surface area contributed by atoms with Gasteiger partial charge in [0.1, 0.15) is 0 Å². The van der Waals surface area contributed by atoms with Crippen LogP contribution >= 0.6 is 11.8 Å². The Hall–Kier alpha value is -1.75. The van der Waals surface area contributed by atoms with Gasteiger partial charge in [-0.2, -0.15) is 0 Å². The lowest BCUT2D eigenvalue weighted by Gasteiger charge is -2.20. The Morgan fingerprint density at radius 1 is 1.35 bits per heavy atom. The van der Waals surface area contributed by atoms with E-state index in [1.807, 2.05) is 0 Å². The first-order chi connectivity index (χ1) is 7.99. The average molecular weight is 249 g/mol. The van der Waals surface area contributed by atoms with Crippen LogP contribution in [0.1, 0.15) is 24.2 Å². The third-order valence-electron chi connectivity index (χ3n) is 2.42. The molecule has 0 unspecified atom stereocenters. The number of benzene rings is 1. The maximum absolute atomic E-state index is 11.4. The molecular weight excluding hydrogens is 238 g/mol. The average Bonchev–Trinajstić information content (AvgIpc) is 2.26. The second-order valence-electron chi connectivity index (χ2n) is 3.75. The van der Waals surface area contributed by atoms with Gasteiger partial charge in [-0.15, -0.1) is 0 Å². The Labute approximate surface area is 103 Å². The van der Waals surface area contributed by atoms with Crippen LogP contribution in [0.5, 0.6) is 0 Å². The third kappa shape index (κ3) is 2.19. The molecule has 1 aromatic carbocycles. The van der Waals surface area contributed by atoms with E-state index in [1.165, 1.54) is 24.8 Å². The van der Waals surface area contributed by atoms with Crippen molar-refractivity contribution < 1.29 is 14.7 Å². The van der Waals surface area contributed by atoms with Gasteiger partial charge in [0.15, 0.2) is 5.78 Å². The Balaban J connectivity index is 2.42. The van der Waals surface area contributed by atoms with Gasteiger partial charge in [-0.1, -0.05) is 11.8 Å².